The van der Waals surface area contributed by atoms with Gasteiger partial charge in [-0.1, -0.05) is 25.1 Å². The van der Waals surface area contributed by atoms with Crippen molar-refractivity contribution in [3.63, 3.8) is 0 Å². The summed E-state index contributed by atoms with van der Waals surface area (Å²) in [6, 6.07) is 8.88. The number of hydrogen-bond acceptors (Lipinski definition) is 3. The Morgan fingerprint density at radius 1 is 1.38 bits per heavy atom. The van der Waals surface area contributed by atoms with E-state index >= 15 is 0 Å². The summed E-state index contributed by atoms with van der Waals surface area (Å²) in [5.41, 5.74) is 0. The van der Waals surface area contributed by atoms with Gasteiger partial charge in [0, 0.05) is 6.42 Å². The summed E-state index contributed by atoms with van der Waals surface area (Å²) in [7, 11) is 0. The van der Waals surface area contributed by atoms with Gasteiger partial charge in [-0.05, 0) is 12.1 Å². The second-order valence-electron chi connectivity index (χ2n) is 2.21. The van der Waals surface area contributed by atoms with Crippen LogP contribution in [0.4, 0.5) is 0 Å². The van der Waals surface area contributed by atoms with Crippen LogP contribution in [-0.4, -0.2) is 29.0 Å². The zero-order chi connectivity index (χ0) is 8.81. The van der Waals surface area contributed by atoms with E-state index in [9.17, 15) is 4.79 Å². The van der Waals surface area contributed by atoms with Crippen molar-refractivity contribution >= 4 is 29.0 Å². The molecule has 0 spiro atoms. The van der Waals surface area contributed by atoms with Gasteiger partial charge >= 0.3 is 29.0 Å². The molecule has 1 rings (SSSR count). The fourth-order valence-corrected chi connectivity index (χ4v) is 0.630. The minimum absolute atomic E-state index is 0. The Morgan fingerprint density at radius 2 is 2.00 bits per heavy atom. The Balaban J connectivity index is -0.000000480. The maximum Gasteiger partial charge on any atom is 2.00 e. The van der Waals surface area contributed by atoms with E-state index in [-0.39, 0.29) is 31.9 Å². The SMILES string of the molecule is CCC(=O)OOc1ccccc1.[H-].[H-].[Mg+2]. The third kappa shape index (κ3) is 4.75. The number of rotatable bonds is 3. The molecule has 0 saturated heterocycles. The van der Waals surface area contributed by atoms with E-state index in [1.165, 1.54) is 0 Å². The predicted octanol–water partition coefficient (Wildman–Crippen LogP) is 1.78. The molecule has 0 aliphatic carbocycles. The van der Waals surface area contributed by atoms with Crippen LogP contribution in [-0.2, 0) is 9.68 Å². The molecule has 0 amide bonds. The van der Waals surface area contributed by atoms with Crippen LogP contribution in [0.15, 0.2) is 30.3 Å². The number of hydrogen-bond donors (Lipinski definition) is 0. The average Bonchev–Trinajstić information content (AvgIpc) is 2.16. The summed E-state index contributed by atoms with van der Waals surface area (Å²) >= 11 is 0. The van der Waals surface area contributed by atoms with Crippen molar-refractivity contribution in [3.05, 3.63) is 30.3 Å². The van der Waals surface area contributed by atoms with E-state index in [2.05, 4.69) is 4.89 Å². The number of carbonyl (C=O) groups is 1. The fraction of sp³-hybridized carbons (Fsp3) is 0.222. The first kappa shape index (κ1) is 12.3. The molecule has 0 saturated carbocycles. The van der Waals surface area contributed by atoms with Gasteiger partial charge in [0.1, 0.15) is 0 Å². The van der Waals surface area contributed by atoms with Gasteiger partial charge in [-0.3, -0.25) is 9.78 Å². The molecule has 0 heterocycles. The predicted molar refractivity (Wildman–Crippen MR) is 51.4 cm³/mol. The van der Waals surface area contributed by atoms with Crippen LogP contribution >= 0.6 is 0 Å². The van der Waals surface area contributed by atoms with Crippen molar-refractivity contribution in [1.82, 2.24) is 0 Å². The minimum atomic E-state index is -0.376. The molecule has 13 heavy (non-hydrogen) atoms. The second kappa shape index (κ2) is 6.74. The quantitative estimate of drug-likeness (QED) is 0.416. The largest absolute Gasteiger partial charge is 2.00 e. The van der Waals surface area contributed by atoms with Crippen LogP contribution in [0.2, 0.25) is 0 Å². The Hall–Kier alpha value is -0.744. The normalized spacial score (nSPS) is 8.38. The van der Waals surface area contributed by atoms with Crippen LogP contribution in [0.5, 0.6) is 5.75 Å². The van der Waals surface area contributed by atoms with Crippen molar-refractivity contribution < 1.29 is 17.4 Å². The molecule has 0 atom stereocenters. The Labute approximate surface area is 96.1 Å². The van der Waals surface area contributed by atoms with E-state index in [1.54, 1.807) is 31.2 Å². The number of para-hydroxylation sites is 1. The molecule has 1 aromatic rings. The van der Waals surface area contributed by atoms with Crippen molar-refractivity contribution in [2.75, 3.05) is 0 Å². The van der Waals surface area contributed by atoms with Crippen molar-refractivity contribution in [2.24, 2.45) is 0 Å². The van der Waals surface area contributed by atoms with Gasteiger partial charge in [0.25, 0.3) is 0 Å². The van der Waals surface area contributed by atoms with E-state index in [0.717, 1.165) is 0 Å². The van der Waals surface area contributed by atoms with Crippen LogP contribution in [0, 0.1) is 0 Å². The Morgan fingerprint density at radius 3 is 2.54 bits per heavy atom. The molecule has 0 fully saturated rings. The summed E-state index contributed by atoms with van der Waals surface area (Å²) in [6.07, 6.45) is 0.312. The molecule has 0 aliphatic rings. The monoisotopic (exact) mass is 192 g/mol. The first-order chi connectivity index (χ1) is 5.83. The van der Waals surface area contributed by atoms with E-state index in [1.807, 2.05) is 6.07 Å². The van der Waals surface area contributed by atoms with E-state index in [0.29, 0.717) is 12.2 Å². The standard InChI is InChI=1S/C9H10O3.Mg.2H/c1-2-9(10)12-11-8-6-4-3-5-7-8;;;/h3-7H,2H2,1H3;;;/q;+2;2*-1. The van der Waals surface area contributed by atoms with Crippen LogP contribution in [0.3, 0.4) is 0 Å². The summed E-state index contributed by atoms with van der Waals surface area (Å²) in [4.78, 5) is 19.8. The summed E-state index contributed by atoms with van der Waals surface area (Å²) < 4.78 is 0. The second-order valence-corrected chi connectivity index (χ2v) is 2.21. The molecule has 0 radical (unpaired) electrons. The van der Waals surface area contributed by atoms with Gasteiger partial charge in [-0.15, -0.1) is 0 Å². The zero-order valence-electron chi connectivity index (χ0n) is 9.53. The van der Waals surface area contributed by atoms with Crippen molar-refractivity contribution in [1.29, 1.82) is 0 Å². The number of carbonyl (C=O) groups excluding carboxylic acids is 1. The third-order valence-electron chi connectivity index (χ3n) is 1.26. The molecule has 68 valence electrons. The first-order valence-corrected chi connectivity index (χ1v) is 3.75. The van der Waals surface area contributed by atoms with E-state index in [4.69, 9.17) is 4.89 Å². The van der Waals surface area contributed by atoms with Gasteiger partial charge in [-0.25, -0.2) is 4.79 Å². The maximum atomic E-state index is 10.6. The van der Waals surface area contributed by atoms with E-state index < -0.39 is 0 Å². The van der Waals surface area contributed by atoms with Crippen LogP contribution in [0.25, 0.3) is 0 Å². The third-order valence-corrected chi connectivity index (χ3v) is 1.26. The summed E-state index contributed by atoms with van der Waals surface area (Å²) in [6.45, 7) is 1.71. The molecule has 0 aliphatic heterocycles. The smallest absolute Gasteiger partial charge is 1.00 e. The molecule has 4 heteroatoms. The molecule has 3 nitrogen and oxygen atoms in total. The maximum absolute atomic E-state index is 10.6. The topological polar surface area (TPSA) is 35.5 Å². The number of benzene rings is 1. The zero-order valence-corrected chi connectivity index (χ0v) is 8.94. The van der Waals surface area contributed by atoms with Crippen molar-refractivity contribution in [2.45, 2.75) is 13.3 Å². The van der Waals surface area contributed by atoms with Gasteiger partial charge < -0.3 is 2.85 Å². The Bertz CT molecular complexity index is 257. The van der Waals surface area contributed by atoms with Gasteiger partial charge in [0.15, 0.2) is 5.75 Å². The molecule has 0 bridgehead atoms. The van der Waals surface area contributed by atoms with Crippen LogP contribution < -0.4 is 4.89 Å². The molecule has 0 aromatic heterocycles. The van der Waals surface area contributed by atoms with Gasteiger partial charge in [0.05, 0.1) is 0 Å². The van der Waals surface area contributed by atoms with Gasteiger partial charge in [0.2, 0.25) is 0 Å². The van der Waals surface area contributed by atoms with Gasteiger partial charge in [-0.2, -0.15) is 0 Å². The fourth-order valence-electron chi connectivity index (χ4n) is 0.630. The summed E-state index contributed by atoms with van der Waals surface area (Å²) in [5.74, 6) is 0.151. The van der Waals surface area contributed by atoms with Crippen molar-refractivity contribution in [3.8, 4) is 5.75 Å². The molecule has 0 N–H and O–H groups in total. The Kier molecular flexibility index (Phi) is 6.35. The average molecular weight is 192 g/mol. The minimum Gasteiger partial charge on any atom is -1.00 e. The molecule has 0 unspecified atom stereocenters. The molecular weight excluding hydrogens is 180 g/mol. The molecule has 1 aromatic carbocycles. The summed E-state index contributed by atoms with van der Waals surface area (Å²) in [5, 5.41) is 0. The first-order valence-electron chi connectivity index (χ1n) is 3.75. The van der Waals surface area contributed by atoms with Crippen LogP contribution in [0.1, 0.15) is 16.2 Å². The molecular formula is C9H12MgO3.